The van der Waals surface area contributed by atoms with Crippen LogP contribution in [0, 0.1) is 0 Å². The molecule has 11 heteroatoms. The van der Waals surface area contributed by atoms with E-state index in [9.17, 15) is 21.6 Å². The highest BCUT2D eigenvalue weighted by Crippen LogP contribution is 2.41. The predicted octanol–water partition coefficient (Wildman–Crippen LogP) is 7.12. The number of halogens is 4. The summed E-state index contributed by atoms with van der Waals surface area (Å²) in [5, 5.41) is 1.93. The Hall–Kier alpha value is -2.79. The molecule has 3 aromatic carbocycles. The minimum Gasteiger partial charge on any atom is -0.488 e. The number of fused-ring (bicyclic) bond motifs is 1. The molecule has 0 bridgehead atoms. The van der Waals surface area contributed by atoms with Crippen molar-refractivity contribution < 1.29 is 26.3 Å². The number of likely N-dealkylation sites (tertiary alicyclic amines) is 1. The van der Waals surface area contributed by atoms with Crippen molar-refractivity contribution >= 4 is 49.4 Å². The van der Waals surface area contributed by atoms with E-state index >= 15 is 0 Å². The Morgan fingerprint density at radius 1 is 1.05 bits per heavy atom. The molecule has 0 aliphatic carbocycles. The van der Waals surface area contributed by atoms with Gasteiger partial charge in [0.05, 0.1) is 15.6 Å². The van der Waals surface area contributed by atoms with Gasteiger partial charge in [-0.25, -0.2) is 8.42 Å². The third-order valence-electron chi connectivity index (χ3n) is 6.15. The zero-order chi connectivity index (χ0) is 26.4. The van der Waals surface area contributed by atoms with Crippen molar-refractivity contribution in [2.24, 2.45) is 0 Å². The van der Waals surface area contributed by atoms with Gasteiger partial charge in [-0.05, 0) is 54.1 Å². The number of nitrogens with one attached hydrogen (secondary N) is 1. The Morgan fingerprint density at radius 2 is 1.81 bits per heavy atom. The van der Waals surface area contributed by atoms with E-state index in [2.05, 4.69) is 4.72 Å². The summed E-state index contributed by atoms with van der Waals surface area (Å²) in [6.45, 7) is 1.19. The summed E-state index contributed by atoms with van der Waals surface area (Å²) >= 11 is 7.10. The molecule has 1 unspecified atom stereocenters. The maximum absolute atomic E-state index is 13.6. The van der Waals surface area contributed by atoms with Gasteiger partial charge in [-0.1, -0.05) is 48.0 Å². The molecule has 1 aliphatic heterocycles. The van der Waals surface area contributed by atoms with E-state index in [1.165, 1.54) is 0 Å². The van der Waals surface area contributed by atoms with Gasteiger partial charge in [0.25, 0.3) is 10.0 Å². The van der Waals surface area contributed by atoms with Crippen LogP contribution in [-0.4, -0.2) is 39.6 Å². The average Bonchev–Trinajstić information content (AvgIpc) is 3.43. The van der Waals surface area contributed by atoms with Crippen LogP contribution in [-0.2, 0) is 16.2 Å². The number of anilines is 1. The van der Waals surface area contributed by atoms with Crippen molar-refractivity contribution in [3.8, 4) is 16.9 Å². The van der Waals surface area contributed by atoms with Gasteiger partial charge in [0.1, 0.15) is 16.1 Å². The van der Waals surface area contributed by atoms with Gasteiger partial charge in [0.2, 0.25) is 0 Å². The largest absolute Gasteiger partial charge is 0.488 e. The molecule has 0 spiro atoms. The van der Waals surface area contributed by atoms with Crippen molar-refractivity contribution in [3.63, 3.8) is 0 Å². The quantitative estimate of drug-likeness (QED) is 0.270. The average molecular weight is 567 g/mol. The molecule has 5 rings (SSSR count). The lowest BCUT2D eigenvalue weighted by molar-refractivity contribution is -0.139. The van der Waals surface area contributed by atoms with Crippen molar-refractivity contribution in [1.82, 2.24) is 4.90 Å². The second-order valence-electron chi connectivity index (χ2n) is 8.92. The molecule has 2 heterocycles. The third kappa shape index (κ3) is 5.57. The van der Waals surface area contributed by atoms with E-state index in [1.54, 1.807) is 6.07 Å². The fourth-order valence-corrected chi connectivity index (χ4v) is 7.34. The Kier molecular flexibility index (Phi) is 6.86. The van der Waals surface area contributed by atoms with Crippen LogP contribution in [0.25, 0.3) is 21.9 Å². The highest BCUT2D eigenvalue weighted by molar-refractivity contribution is 7.94. The lowest BCUT2D eigenvalue weighted by Crippen LogP contribution is -2.23. The molecular weight excluding hydrogens is 545 g/mol. The van der Waals surface area contributed by atoms with Gasteiger partial charge in [-0.2, -0.15) is 13.2 Å². The van der Waals surface area contributed by atoms with E-state index in [4.69, 9.17) is 16.3 Å². The normalized spacial score (nSPS) is 16.8. The number of sulfonamides is 1. The van der Waals surface area contributed by atoms with Crippen LogP contribution >= 0.6 is 22.9 Å². The zero-order valence-corrected chi connectivity index (χ0v) is 21.9. The Bertz CT molecular complexity index is 1570. The minimum absolute atomic E-state index is 0.0347. The Balaban J connectivity index is 1.49. The molecule has 0 amide bonds. The summed E-state index contributed by atoms with van der Waals surface area (Å²) in [5.41, 5.74) is 0.0685. The van der Waals surface area contributed by atoms with Gasteiger partial charge in [0, 0.05) is 24.7 Å². The second kappa shape index (κ2) is 9.83. The topological polar surface area (TPSA) is 58.6 Å². The first kappa shape index (κ1) is 25.8. The number of nitrogens with zero attached hydrogens (tertiary/aromatic N) is 1. The molecule has 0 radical (unpaired) electrons. The molecule has 1 fully saturated rings. The fourth-order valence-electron chi connectivity index (χ4n) is 4.39. The third-order valence-corrected chi connectivity index (χ3v) is 9.33. The molecule has 1 aliphatic rings. The van der Waals surface area contributed by atoms with Crippen LogP contribution in [0.1, 0.15) is 12.0 Å². The maximum atomic E-state index is 13.6. The van der Waals surface area contributed by atoms with Crippen LogP contribution in [0.3, 0.4) is 0 Å². The SMILES string of the molecule is CN1CCC(Oc2cc(NS(=O)(=O)c3sc(Cl)cc3-c3ccc4ccccc4c3)ccc2C(F)(F)F)C1. The van der Waals surface area contributed by atoms with Crippen molar-refractivity contribution in [3.05, 3.63) is 76.6 Å². The van der Waals surface area contributed by atoms with E-state index in [0.717, 1.165) is 40.3 Å². The van der Waals surface area contributed by atoms with Crippen LogP contribution in [0.15, 0.2) is 70.9 Å². The number of hydrogen-bond donors (Lipinski definition) is 1. The summed E-state index contributed by atoms with van der Waals surface area (Å²) in [6.07, 6.45) is -4.50. The molecule has 1 aromatic heterocycles. The number of thiophene rings is 1. The first-order valence-electron chi connectivity index (χ1n) is 11.4. The second-order valence-corrected chi connectivity index (χ2v) is 12.5. The van der Waals surface area contributed by atoms with Crippen LogP contribution < -0.4 is 9.46 Å². The number of alkyl halides is 3. The van der Waals surface area contributed by atoms with Gasteiger partial charge in [-0.15, -0.1) is 11.3 Å². The lowest BCUT2D eigenvalue weighted by Gasteiger charge is -2.19. The highest BCUT2D eigenvalue weighted by atomic mass is 35.5. The summed E-state index contributed by atoms with van der Waals surface area (Å²) in [6, 6.07) is 17.8. The van der Waals surface area contributed by atoms with Crippen molar-refractivity contribution in [1.29, 1.82) is 0 Å². The van der Waals surface area contributed by atoms with Crippen LogP contribution in [0.4, 0.5) is 18.9 Å². The minimum atomic E-state index is -4.65. The monoisotopic (exact) mass is 566 g/mol. The molecule has 1 N–H and O–H groups in total. The summed E-state index contributed by atoms with van der Waals surface area (Å²) in [4.78, 5) is 1.96. The fraction of sp³-hybridized carbons (Fsp3) is 0.231. The maximum Gasteiger partial charge on any atom is 0.419 e. The highest BCUT2D eigenvalue weighted by Gasteiger charge is 2.36. The Labute approximate surface area is 221 Å². The predicted molar refractivity (Wildman–Crippen MR) is 141 cm³/mol. The Morgan fingerprint density at radius 3 is 2.51 bits per heavy atom. The number of rotatable bonds is 6. The smallest absolute Gasteiger partial charge is 0.419 e. The summed E-state index contributed by atoms with van der Waals surface area (Å²) < 4.78 is 76.1. The molecule has 1 saturated heterocycles. The van der Waals surface area contributed by atoms with Crippen LogP contribution in [0.5, 0.6) is 5.75 Å². The first-order valence-corrected chi connectivity index (χ1v) is 14.1. The van der Waals surface area contributed by atoms with Crippen LogP contribution in [0.2, 0.25) is 4.34 Å². The molecular formula is C26H22ClF3N2O3S2. The molecule has 4 aromatic rings. The van der Waals surface area contributed by atoms with Gasteiger partial charge < -0.3 is 9.64 Å². The number of hydrogen-bond acceptors (Lipinski definition) is 5. The molecule has 194 valence electrons. The molecule has 5 nitrogen and oxygen atoms in total. The molecule has 1 atom stereocenters. The van der Waals surface area contributed by atoms with E-state index in [-0.39, 0.29) is 14.2 Å². The number of likely N-dealkylation sites (N-methyl/N-ethyl adjacent to an activating group) is 1. The van der Waals surface area contributed by atoms with E-state index in [0.29, 0.717) is 30.6 Å². The van der Waals surface area contributed by atoms with Gasteiger partial charge >= 0.3 is 6.18 Å². The number of benzene rings is 3. The summed E-state index contributed by atoms with van der Waals surface area (Å²) in [5.74, 6) is -0.410. The lowest BCUT2D eigenvalue weighted by atomic mass is 10.0. The molecule has 0 saturated carbocycles. The summed E-state index contributed by atoms with van der Waals surface area (Å²) in [7, 11) is -2.33. The van der Waals surface area contributed by atoms with Crippen molar-refractivity contribution in [2.75, 3.05) is 24.9 Å². The molecule has 37 heavy (non-hydrogen) atoms. The van der Waals surface area contributed by atoms with Crippen molar-refractivity contribution in [2.45, 2.75) is 22.9 Å². The van der Waals surface area contributed by atoms with Gasteiger partial charge in [0.15, 0.2) is 0 Å². The number of ether oxygens (including phenoxy) is 1. The first-order chi connectivity index (χ1) is 17.5. The van der Waals surface area contributed by atoms with Gasteiger partial charge in [-0.3, -0.25) is 4.72 Å². The standard InChI is InChI=1S/C26H22ClF3N2O3S2/c1-32-11-10-20(15-32)35-23-13-19(8-9-22(23)26(28,29)30)31-37(33,34)25-21(14-24(27)36-25)18-7-6-16-4-2-3-5-17(16)12-18/h2-9,12-14,20,31H,10-11,15H2,1H3. The van der Waals surface area contributed by atoms with E-state index in [1.807, 2.05) is 54.4 Å². The zero-order valence-electron chi connectivity index (χ0n) is 19.5. The van der Waals surface area contributed by atoms with E-state index < -0.39 is 33.6 Å².